The van der Waals surface area contributed by atoms with Crippen molar-refractivity contribution in [2.75, 3.05) is 41.3 Å². The van der Waals surface area contributed by atoms with Crippen LogP contribution in [0.15, 0.2) is 72.8 Å². The zero-order valence-corrected chi connectivity index (χ0v) is 24.9. The van der Waals surface area contributed by atoms with Crippen LogP contribution < -0.4 is 25.8 Å². The lowest BCUT2D eigenvalue weighted by molar-refractivity contribution is -0.123. The van der Waals surface area contributed by atoms with E-state index in [4.69, 9.17) is 0 Å². The molecule has 0 radical (unpaired) electrons. The minimum absolute atomic E-state index is 0. The zero-order chi connectivity index (χ0) is 30.5. The molecule has 0 spiro atoms. The number of piperidine rings is 1. The maximum Gasteiger partial charge on any atom is 0.335 e. The summed E-state index contributed by atoms with van der Waals surface area (Å²) >= 11 is 0. The van der Waals surface area contributed by atoms with Gasteiger partial charge in [-0.25, -0.2) is 9.59 Å². The number of aromatic carboxylic acids is 1. The second kappa shape index (κ2) is 14.2. The summed E-state index contributed by atoms with van der Waals surface area (Å²) in [4.78, 5) is 68.9. The van der Waals surface area contributed by atoms with E-state index in [9.17, 15) is 29.1 Å². The van der Waals surface area contributed by atoms with Crippen LogP contribution in [0.5, 0.6) is 0 Å². The number of carboxylic acids is 1. The molecule has 12 heteroatoms. The molecule has 3 aromatic rings. The highest BCUT2D eigenvalue weighted by Crippen LogP contribution is 2.35. The van der Waals surface area contributed by atoms with E-state index in [-0.39, 0.29) is 54.4 Å². The number of nitrogens with one attached hydrogen (secondary N) is 3. The fourth-order valence-electron chi connectivity index (χ4n) is 5.52. The Morgan fingerprint density at radius 3 is 2.32 bits per heavy atom. The fourth-order valence-corrected chi connectivity index (χ4v) is 5.52. The number of fused-ring (bicyclic) bond motifs is 1. The number of carbonyl (C=O) groups is 5. The molecule has 1 saturated heterocycles. The minimum Gasteiger partial charge on any atom is -0.478 e. The summed E-state index contributed by atoms with van der Waals surface area (Å²) in [6.07, 6.45) is 1.28. The Bertz CT molecular complexity index is 1570. The third-order valence-corrected chi connectivity index (χ3v) is 7.77. The van der Waals surface area contributed by atoms with Crippen molar-refractivity contribution in [3.8, 4) is 0 Å². The van der Waals surface area contributed by atoms with E-state index in [1.165, 1.54) is 34.1 Å². The van der Waals surface area contributed by atoms with E-state index in [1.54, 1.807) is 36.4 Å². The maximum absolute atomic E-state index is 14.1. The van der Waals surface area contributed by atoms with Crippen LogP contribution in [0.25, 0.3) is 0 Å². The van der Waals surface area contributed by atoms with Crippen molar-refractivity contribution in [2.24, 2.45) is 5.92 Å². The molecule has 2 aliphatic heterocycles. The number of halogens is 1. The Labute approximate surface area is 261 Å². The van der Waals surface area contributed by atoms with Crippen LogP contribution in [-0.4, -0.2) is 66.9 Å². The number of carboxylic acid groups (broad SMARTS) is 1. The molecule has 1 fully saturated rings. The van der Waals surface area contributed by atoms with Gasteiger partial charge in [0.25, 0.3) is 5.91 Å². The average molecular weight is 620 g/mol. The molecule has 0 saturated carbocycles. The van der Waals surface area contributed by atoms with Gasteiger partial charge in [0.1, 0.15) is 6.04 Å². The number of para-hydroxylation sites is 2. The highest BCUT2D eigenvalue weighted by molar-refractivity contribution is 6.13. The first-order valence-electron chi connectivity index (χ1n) is 14.1. The summed E-state index contributed by atoms with van der Waals surface area (Å²) in [6.45, 7) is 2.77. The van der Waals surface area contributed by atoms with E-state index in [0.29, 0.717) is 42.9 Å². The second-order valence-electron chi connectivity index (χ2n) is 10.7. The number of Topliss-reactive ketones (excluding diaryl/α,β-unsaturated/α-hetero) is 1. The molecule has 3 aromatic carbocycles. The van der Waals surface area contributed by atoms with Crippen LogP contribution in [0.4, 0.5) is 21.9 Å². The van der Waals surface area contributed by atoms with Gasteiger partial charge in [-0.15, -0.1) is 12.4 Å². The van der Waals surface area contributed by atoms with E-state index in [2.05, 4.69) is 16.0 Å². The molecule has 4 amide bonds. The molecular weight excluding hydrogens is 586 g/mol. The van der Waals surface area contributed by atoms with Gasteiger partial charge in [-0.3, -0.25) is 14.4 Å². The molecule has 2 aliphatic rings. The summed E-state index contributed by atoms with van der Waals surface area (Å²) in [7, 11) is 0. The Balaban J connectivity index is 0.00000442. The molecule has 11 nitrogen and oxygen atoms in total. The number of nitrogens with zero attached hydrogens (tertiary/aromatic N) is 2. The van der Waals surface area contributed by atoms with Crippen molar-refractivity contribution in [1.82, 2.24) is 10.6 Å². The van der Waals surface area contributed by atoms with Crippen LogP contribution in [0.2, 0.25) is 0 Å². The Morgan fingerprint density at radius 1 is 0.932 bits per heavy atom. The van der Waals surface area contributed by atoms with E-state index < -0.39 is 23.9 Å². The van der Waals surface area contributed by atoms with Crippen molar-refractivity contribution in [3.05, 3.63) is 89.5 Å². The SMILES string of the molecule is Cc1ccccc1C(=O)CN1C(=O)C(NC(=O)Nc2cccc(C(=O)O)c2)CN(C(=O)C2CCNCC2)c2ccccc21.Cl. The first kappa shape index (κ1) is 32.2. The number of hydrogen-bond acceptors (Lipinski definition) is 6. The summed E-state index contributed by atoms with van der Waals surface area (Å²) in [5, 5.41) is 17.8. The van der Waals surface area contributed by atoms with Crippen LogP contribution in [0, 0.1) is 12.8 Å². The van der Waals surface area contributed by atoms with Crippen LogP contribution in [0.3, 0.4) is 0 Å². The Kier molecular flexibility index (Phi) is 10.4. The topological polar surface area (TPSA) is 148 Å². The number of carbonyl (C=O) groups excluding carboxylic acids is 4. The standard InChI is InChI=1S/C32H33N5O6.ClH/c1-20-7-2-3-10-24(20)28(38)19-37-27-12-5-4-11-26(27)36(29(39)21-13-15-33-16-14-21)18-25(30(37)40)35-32(43)34-23-9-6-8-22(17-23)31(41)42;/h2-12,17,21,25,33H,13-16,18-19H2,1H3,(H,41,42)(H2,34,35,43);1H. The molecule has 2 heterocycles. The normalized spacial score (nSPS) is 16.7. The molecule has 5 rings (SSSR count). The van der Waals surface area contributed by atoms with Crippen molar-refractivity contribution in [2.45, 2.75) is 25.8 Å². The monoisotopic (exact) mass is 619 g/mol. The fraction of sp³-hybridized carbons (Fsp3) is 0.281. The quantitative estimate of drug-likeness (QED) is 0.294. The van der Waals surface area contributed by atoms with Gasteiger partial charge < -0.3 is 30.9 Å². The maximum atomic E-state index is 14.1. The number of anilines is 3. The molecule has 44 heavy (non-hydrogen) atoms. The molecule has 0 bridgehead atoms. The van der Waals surface area contributed by atoms with Crippen molar-refractivity contribution < 1.29 is 29.1 Å². The predicted molar refractivity (Wildman–Crippen MR) is 169 cm³/mol. The minimum atomic E-state index is -1.20. The lowest BCUT2D eigenvalue weighted by atomic mass is 9.96. The van der Waals surface area contributed by atoms with Crippen LogP contribution in [-0.2, 0) is 9.59 Å². The highest BCUT2D eigenvalue weighted by Gasteiger charge is 2.39. The molecular formula is C32H34ClN5O6. The van der Waals surface area contributed by atoms with E-state index in [1.807, 2.05) is 19.1 Å². The summed E-state index contributed by atoms with van der Waals surface area (Å²) in [5.41, 5.74) is 2.32. The third-order valence-electron chi connectivity index (χ3n) is 7.77. The van der Waals surface area contributed by atoms with E-state index in [0.717, 1.165) is 5.56 Å². The van der Waals surface area contributed by atoms with Gasteiger partial charge in [0.15, 0.2) is 5.78 Å². The lowest BCUT2D eigenvalue weighted by Crippen LogP contribution is -2.55. The number of ketones is 1. The zero-order valence-electron chi connectivity index (χ0n) is 24.1. The smallest absolute Gasteiger partial charge is 0.335 e. The number of rotatable bonds is 7. The van der Waals surface area contributed by atoms with Gasteiger partial charge in [0, 0.05) is 17.2 Å². The molecule has 0 aliphatic carbocycles. The number of aryl methyl sites for hydroxylation is 1. The van der Waals surface area contributed by atoms with Crippen LogP contribution in [0.1, 0.15) is 39.1 Å². The first-order valence-corrected chi connectivity index (χ1v) is 14.1. The Morgan fingerprint density at radius 2 is 1.61 bits per heavy atom. The largest absolute Gasteiger partial charge is 0.478 e. The molecule has 1 unspecified atom stereocenters. The van der Waals surface area contributed by atoms with Crippen molar-refractivity contribution >= 4 is 59.1 Å². The molecule has 1 atom stereocenters. The highest BCUT2D eigenvalue weighted by atomic mass is 35.5. The third kappa shape index (κ3) is 7.07. The predicted octanol–water partition coefficient (Wildman–Crippen LogP) is 3.87. The second-order valence-corrected chi connectivity index (χ2v) is 10.7. The van der Waals surface area contributed by atoms with Crippen molar-refractivity contribution in [1.29, 1.82) is 0 Å². The van der Waals surface area contributed by atoms with E-state index >= 15 is 0 Å². The van der Waals surface area contributed by atoms with Gasteiger partial charge in [-0.2, -0.15) is 0 Å². The number of urea groups is 1. The number of benzene rings is 3. The van der Waals surface area contributed by atoms with Crippen LogP contribution >= 0.6 is 12.4 Å². The first-order chi connectivity index (χ1) is 20.7. The molecule has 4 N–H and O–H groups in total. The van der Waals surface area contributed by atoms with Gasteiger partial charge in [-0.05, 0) is 68.8 Å². The number of hydrogen-bond donors (Lipinski definition) is 4. The number of amides is 4. The lowest BCUT2D eigenvalue weighted by Gasteiger charge is -2.30. The molecule has 0 aromatic heterocycles. The summed E-state index contributed by atoms with van der Waals surface area (Å²) in [5.74, 6) is -2.41. The Hall–Kier alpha value is -4.74. The van der Waals surface area contributed by atoms with Crippen molar-refractivity contribution in [3.63, 3.8) is 0 Å². The van der Waals surface area contributed by atoms with Gasteiger partial charge in [0.05, 0.1) is 30.0 Å². The van der Waals surface area contributed by atoms with Gasteiger partial charge in [0.2, 0.25) is 5.91 Å². The van der Waals surface area contributed by atoms with Gasteiger partial charge in [-0.1, -0.05) is 42.5 Å². The average Bonchev–Trinajstić information content (AvgIpc) is 3.12. The molecule has 230 valence electrons. The summed E-state index contributed by atoms with van der Waals surface area (Å²) < 4.78 is 0. The van der Waals surface area contributed by atoms with Gasteiger partial charge >= 0.3 is 12.0 Å². The summed E-state index contributed by atoms with van der Waals surface area (Å²) in [6, 6.07) is 17.8.